The van der Waals surface area contributed by atoms with E-state index in [0.717, 1.165) is 0 Å². The predicted molar refractivity (Wildman–Crippen MR) is 88.6 cm³/mol. The van der Waals surface area contributed by atoms with E-state index in [-0.39, 0.29) is 23.5 Å². The van der Waals surface area contributed by atoms with E-state index >= 15 is 0 Å². The highest BCUT2D eigenvalue weighted by Crippen LogP contribution is 2.26. The first-order valence-corrected chi connectivity index (χ1v) is 9.42. The fourth-order valence-electron chi connectivity index (χ4n) is 1.26. The number of nitrogens with one attached hydrogen (secondary N) is 1. The molecule has 0 aromatic heterocycles. The molecule has 1 unspecified atom stereocenters. The molecule has 1 atom stereocenters. The van der Waals surface area contributed by atoms with Crippen LogP contribution in [0.3, 0.4) is 0 Å². The van der Waals surface area contributed by atoms with Crippen LogP contribution in [0.15, 0.2) is 4.99 Å². The van der Waals surface area contributed by atoms with Gasteiger partial charge in [0.25, 0.3) is 0 Å². The molecule has 0 heterocycles. The molecule has 0 amide bonds. The molecule has 11 heteroatoms. The number of sulfonamides is 1. The molecule has 0 aliphatic rings. The van der Waals surface area contributed by atoms with Gasteiger partial charge in [-0.05, 0) is 33.6 Å². The largest absolute Gasteiger partial charge is 0.413 e. The summed E-state index contributed by atoms with van der Waals surface area (Å²) < 4.78 is 61.8. The number of rotatable bonds is 8. The molecule has 0 saturated carbocycles. The third-order valence-electron chi connectivity index (χ3n) is 2.77. The highest BCUT2D eigenvalue weighted by molar-refractivity contribution is 8.14. The van der Waals surface area contributed by atoms with Crippen molar-refractivity contribution in [2.75, 3.05) is 13.1 Å². The minimum absolute atomic E-state index is 0.205. The summed E-state index contributed by atoms with van der Waals surface area (Å²) >= 11 is 0.270. The van der Waals surface area contributed by atoms with Gasteiger partial charge in [-0.1, -0.05) is 18.2 Å². The third-order valence-corrected chi connectivity index (χ3v) is 5.86. The van der Waals surface area contributed by atoms with Crippen LogP contribution in [-0.4, -0.2) is 43.0 Å². The molecule has 0 bridgehead atoms. The lowest BCUT2D eigenvalue weighted by atomic mass is 10.2. The summed E-state index contributed by atoms with van der Waals surface area (Å²) in [6, 6.07) is 0. The minimum Gasteiger partial charge on any atom is -0.378 e. The lowest BCUT2D eigenvalue weighted by Gasteiger charge is -2.19. The Kier molecular flexibility index (Phi) is 8.89. The number of alkyl halides is 3. The summed E-state index contributed by atoms with van der Waals surface area (Å²) in [7, 11) is -3.35. The lowest BCUT2D eigenvalue weighted by molar-refractivity contribution is -0.127. The van der Waals surface area contributed by atoms with Gasteiger partial charge in [0, 0.05) is 13.1 Å². The number of amidine groups is 1. The third kappa shape index (κ3) is 9.38. The van der Waals surface area contributed by atoms with Crippen molar-refractivity contribution >= 4 is 27.0 Å². The van der Waals surface area contributed by atoms with Gasteiger partial charge in [-0.15, -0.1) is 0 Å². The maximum absolute atomic E-state index is 12.2. The first kappa shape index (κ1) is 22.5. The zero-order valence-electron chi connectivity index (χ0n) is 13.5. The van der Waals surface area contributed by atoms with E-state index < -0.39 is 26.3 Å². The summed E-state index contributed by atoms with van der Waals surface area (Å²) in [4.78, 5) is 3.80. The number of nitrogens with zero attached hydrogens (tertiary/aromatic N) is 1. The van der Waals surface area contributed by atoms with Crippen LogP contribution in [0.5, 0.6) is 0 Å². The van der Waals surface area contributed by atoms with Crippen molar-refractivity contribution in [1.29, 1.82) is 0 Å². The Bertz CT molecular complexity index is 488. The van der Waals surface area contributed by atoms with Crippen LogP contribution in [0.2, 0.25) is 0 Å². The molecule has 0 fully saturated rings. The minimum atomic E-state index is -4.52. The van der Waals surface area contributed by atoms with Gasteiger partial charge in [0.2, 0.25) is 10.0 Å². The summed E-state index contributed by atoms with van der Waals surface area (Å²) in [6.45, 7) is 5.41. The fourth-order valence-corrected chi connectivity index (χ4v) is 2.67. The van der Waals surface area contributed by atoms with Crippen LogP contribution < -0.4 is 16.2 Å². The SMILES string of the molecule is CC(C)(C)S(=O)(=O)NCCCCCN=C(N)SC(N)C(F)(F)F. The number of nitrogens with two attached hydrogens (primary N) is 2. The molecule has 0 aromatic rings. The zero-order valence-corrected chi connectivity index (χ0v) is 15.1. The van der Waals surface area contributed by atoms with E-state index in [2.05, 4.69) is 9.71 Å². The van der Waals surface area contributed by atoms with Gasteiger partial charge in [0.1, 0.15) is 0 Å². The van der Waals surface area contributed by atoms with Crippen molar-refractivity contribution in [2.45, 2.75) is 56.3 Å². The van der Waals surface area contributed by atoms with E-state index in [0.29, 0.717) is 25.8 Å². The van der Waals surface area contributed by atoms with E-state index in [1.165, 1.54) is 0 Å². The molecule has 5 N–H and O–H groups in total. The molecule has 6 nitrogen and oxygen atoms in total. The summed E-state index contributed by atoms with van der Waals surface area (Å²) in [5.41, 5.74) is 10.3. The van der Waals surface area contributed by atoms with E-state index in [1.807, 2.05) is 0 Å². The smallest absolute Gasteiger partial charge is 0.378 e. The molecule has 0 radical (unpaired) electrons. The van der Waals surface area contributed by atoms with Gasteiger partial charge in [0.15, 0.2) is 10.5 Å². The number of aliphatic imine (C=N–C) groups is 1. The average Bonchev–Trinajstić information content (AvgIpc) is 2.34. The molecule has 0 saturated heterocycles. The highest BCUT2D eigenvalue weighted by Gasteiger charge is 2.38. The monoisotopic (exact) mass is 378 g/mol. The maximum atomic E-state index is 12.2. The molecule has 0 aliphatic carbocycles. The molecular formula is C12H25F3N4O2S2. The Morgan fingerprint density at radius 3 is 2.26 bits per heavy atom. The normalized spacial score (nSPS) is 15.7. The predicted octanol–water partition coefficient (Wildman–Crippen LogP) is 1.77. The number of hydrogen-bond acceptors (Lipinski definition) is 5. The van der Waals surface area contributed by atoms with Crippen LogP contribution >= 0.6 is 11.8 Å². The molecule has 0 aliphatic heterocycles. The van der Waals surface area contributed by atoms with Gasteiger partial charge in [-0.2, -0.15) is 13.2 Å². The highest BCUT2D eigenvalue weighted by atomic mass is 32.2. The standard InChI is InChI=1S/C12H25F3N4O2S2/c1-11(2,3)23(20,21)19-8-6-4-5-7-18-10(17)22-9(16)12(13,14)15/h9,19H,4-8,16H2,1-3H3,(H2,17,18). The van der Waals surface area contributed by atoms with Crippen molar-refractivity contribution in [3.8, 4) is 0 Å². The van der Waals surface area contributed by atoms with Crippen LogP contribution in [0.1, 0.15) is 40.0 Å². The molecule has 138 valence electrons. The van der Waals surface area contributed by atoms with Crippen molar-refractivity contribution in [1.82, 2.24) is 4.72 Å². The number of unbranched alkanes of at least 4 members (excludes halogenated alkanes) is 2. The Morgan fingerprint density at radius 2 is 1.78 bits per heavy atom. The second-order valence-corrected chi connectivity index (χ2v) is 9.55. The van der Waals surface area contributed by atoms with Crippen LogP contribution in [-0.2, 0) is 10.0 Å². The van der Waals surface area contributed by atoms with Crippen LogP contribution in [0.25, 0.3) is 0 Å². The van der Waals surface area contributed by atoms with E-state index in [1.54, 1.807) is 20.8 Å². The molecule has 0 spiro atoms. The Balaban J connectivity index is 3.92. The van der Waals surface area contributed by atoms with E-state index in [9.17, 15) is 21.6 Å². The van der Waals surface area contributed by atoms with Gasteiger partial charge in [-0.25, -0.2) is 13.1 Å². The average molecular weight is 378 g/mol. The van der Waals surface area contributed by atoms with Gasteiger partial charge in [-0.3, -0.25) is 4.99 Å². The maximum Gasteiger partial charge on any atom is 0.413 e. The molecule has 0 rings (SSSR count). The Morgan fingerprint density at radius 1 is 1.22 bits per heavy atom. The quantitative estimate of drug-likeness (QED) is 0.258. The second-order valence-electron chi connectivity index (χ2n) is 5.87. The Labute approximate surface area is 139 Å². The summed E-state index contributed by atoms with van der Waals surface area (Å²) in [5.74, 6) is 0. The lowest BCUT2D eigenvalue weighted by Crippen LogP contribution is -2.39. The first-order valence-electron chi connectivity index (χ1n) is 7.05. The van der Waals surface area contributed by atoms with Gasteiger partial charge < -0.3 is 11.5 Å². The summed E-state index contributed by atoms with van der Waals surface area (Å²) in [5, 5.41) is -2.29. The summed E-state index contributed by atoms with van der Waals surface area (Å²) in [6.07, 6.45) is -2.63. The van der Waals surface area contributed by atoms with Gasteiger partial charge >= 0.3 is 6.18 Å². The second kappa shape index (κ2) is 9.09. The van der Waals surface area contributed by atoms with Crippen molar-refractivity contribution in [3.05, 3.63) is 0 Å². The van der Waals surface area contributed by atoms with Crippen molar-refractivity contribution in [3.63, 3.8) is 0 Å². The van der Waals surface area contributed by atoms with Crippen molar-refractivity contribution < 1.29 is 21.6 Å². The number of hydrogen-bond donors (Lipinski definition) is 3. The molecule has 0 aromatic carbocycles. The van der Waals surface area contributed by atoms with E-state index in [4.69, 9.17) is 11.5 Å². The molecule has 23 heavy (non-hydrogen) atoms. The van der Waals surface area contributed by atoms with Crippen LogP contribution in [0.4, 0.5) is 13.2 Å². The fraction of sp³-hybridized carbons (Fsp3) is 0.917. The first-order chi connectivity index (χ1) is 10.3. The number of halogens is 3. The van der Waals surface area contributed by atoms with Crippen LogP contribution in [0, 0.1) is 0 Å². The number of thioether (sulfide) groups is 1. The van der Waals surface area contributed by atoms with Gasteiger partial charge in [0.05, 0.1) is 4.75 Å². The Hall–Kier alpha value is -0.520. The molecular weight excluding hydrogens is 353 g/mol. The zero-order chi connectivity index (χ0) is 18.3. The van der Waals surface area contributed by atoms with Crippen molar-refractivity contribution in [2.24, 2.45) is 16.5 Å². The topological polar surface area (TPSA) is 111 Å².